The summed E-state index contributed by atoms with van der Waals surface area (Å²) >= 11 is 0. The largest absolute Gasteiger partial charge is 0.494 e. The third kappa shape index (κ3) is 7.53. The van der Waals surface area contributed by atoms with Crippen LogP contribution in [0.25, 0.3) is 0 Å². The summed E-state index contributed by atoms with van der Waals surface area (Å²) in [7, 11) is 0. The zero-order valence-corrected chi connectivity index (χ0v) is 19.2. The summed E-state index contributed by atoms with van der Waals surface area (Å²) in [4.78, 5) is 2.66. The topological polar surface area (TPSA) is 12.5 Å². The average molecular weight is 428 g/mol. The molecule has 168 valence electrons. The van der Waals surface area contributed by atoms with Gasteiger partial charge in [0.05, 0.1) is 6.61 Å². The second-order valence-corrected chi connectivity index (χ2v) is 9.33. The molecule has 32 heavy (non-hydrogen) atoms. The molecule has 0 bridgehead atoms. The second kappa shape index (κ2) is 12.5. The summed E-state index contributed by atoms with van der Waals surface area (Å²) in [5, 5.41) is 0. The van der Waals surface area contributed by atoms with Crippen LogP contribution in [0.5, 0.6) is 5.75 Å². The Labute approximate surface area is 194 Å². The van der Waals surface area contributed by atoms with Crippen LogP contribution in [0, 0.1) is 11.8 Å². The highest BCUT2D eigenvalue weighted by molar-refractivity contribution is 5.21. The van der Waals surface area contributed by atoms with Crippen molar-refractivity contribution in [3.05, 3.63) is 102 Å². The van der Waals surface area contributed by atoms with Gasteiger partial charge in [-0.3, -0.25) is 4.90 Å². The van der Waals surface area contributed by atoms with E-state index in [-0.39, 0.29) is 0 Å². The molecule has 1 aliphatic rings. The Bertz CT molecular complexity index is 831. The standard InChI is InChI=1S/C30H37NO/c1-4-11-27(12-5-1)23-31(24-28-13-6-2-7-14-28)25-29-20-18-26(19-21-29)15-10-22-32-30-16-8-3-9-17-30/h1-9,11-14,16-17,26,29H,10,15,18-25H2. The van der Waals surface area contributed by atoms with Gasteiger partial charge in [0.1, 0.15) is 5.75 Å². The molecule has 0 N–H and O–H groups in total. The second-order valence-electron chi connectivity index (χ2n) is 9.33. The lowest BCUT2D eigenvalue weighted by Crippen LogP contribution is -2.31. The van der Waals surface area contributed by atoms with Crippen LogP contribution in [0.3, 0.4) is 0 Å². The summed E-state index contributed by atoms with van der Waals surface area (Å²) in [6.45, 7) is 4.11. The van der Waals surface area contributed by atoms with Crippen LogP contribution in [0.4, 0.5) is 0 Å². The molecular formula is C30H37NO. The molecule has 1 aliphatic carbocycles. The van der Waals surface area contributed by atoms with Gasteiger partial charge in [0, 0.05) is 19.6 Å². The Morgan fingerprint density at radius 3 is 1.69 bits per heavy atom. The monoisotopic (exact) mass is 427 g/mol. The van der Waals surface area contributed by atoms with Crippen molar-refractivity contribution in [3.8, 4) is 5.75 Å². The maximum Gasteiger partial charge on any atom is 0.119 e. The molecule has 2 heteroatoms. The normalized spacial score (nSPS) is 18.5. The van der Waals surface area contributed by atoms with E-state index in [4.69, 9.17) is 4.74 Å². The van der Waals surface area contributed by atoms with Gasteiger partial charge in [0.2, 0.25) is 0 Å². The van der Waals surface area contributed by atoms with Crippen LogP contribution in [-0.4, -0.2) is 18.1 Å². The molecule has 0 radical (unpaired) electrons. The van der Waals surface area contributed by atoms with Crippen molar-refractivity contribution in [2.24, 2.45) is 11.8 Å². The fourth-order valence-corrected chi connectivity index (χ4v) is 5.01. The molecule has 0 heterocycles. The van der Waals surface area contributed by atoms with E-state index in [0.717, 1.165) is 37.3 Å². The number of nitrogens with zero attached hydrogens (tertiary/aromatic N) is 1. The zero-order valence-electron chi connectivity index (χ0n) is 19.2. The number of para-hydroxylation sites is 1. The minimum absolute atomic E-state index is 0.819. The van der Waals surface area contributed by atoms with E-state index in [1.807, 2.05) is 30.3 Å². The number of hydrogen-bond donors (Lipinski definition) is 0. The molecule has 0 amide bonds. The lowest BCUT2D eigenvalue weighted by molar-refractivity contribution is 0.162. The van der Waals surface area contributed by atoms with Gasteiger partial charge in [-0.25, -0.2) is 0 Å². The molecule has 1 fully saturated rings. The lowest BCUT2D eigenvalue weighted by Gasteiger charge is -2.33. The van der Waals surface area contributed by atoms with Gasteiger partial charge in [0.15, 0.2) is 0 Å². The first-order valence-corrected chi connectivity index (χ1v) is 12.3. The molecule has 0 unspecified atom stereocenters. The molecule has 3 aromatic carbocycles. The molecule has 0 spiro atoms. The van der Waals surface area contributed by atoms with E-state index in [1.165, 1.54) is 56.2 Å². The van der Waals surface area contributed by atoms with Gasteiger partial charge in [-0.15, -0.1) is 0 Å². The minimum atomic E-state index is 0.819. The van der Waals surface area contributed by atoms with Crippen molar-refractivity contribution < 1.29 is 4.74 Å². The molecule has 0 atom stereocenters. The molecule has 0 aliphatic heterocycles. The van der Waals surface area contributed by atoms with Crippen LogP contribution in [0.15, 0.2) is 91.0 Å². The van der Waals surface area contributed by atoms with Crippen LogP contribution >= 0.6 is 0 Å². The number of rotatable bonds is 11. The van der Waals surface area contributed by atoms with Crippen molar-refractivity contribution >= 4 is 0 Å². The van der Waals surface area contributed by atoms with E-state index in [2.05, 4.69) is 65.6 Å². The number of benzene rings is 3. The van der Waals surface area contributed by atoms with Gasteiger partial charge < -0.3 is 4.74 Å². The van der Waals surface area contributed by atoms with E-state index in [9.17, 15) is 0 Å². The summed E-state index contributed by atoms with van der Waals surface area (Å²) in [5.74, 6) is 2.69. The SMILES string of the molecule is c1ccc(CN(Cc2ccccc2)CC2CCC(CCCOc3ccccc3)CC2)cc1. The summed E-state index contributed by atoms with van der Waals surface area (Å²) < 4.78 is 5.88. The van der Waals surface area contributed by atoms with E-state index < -0.39 is 0 Å². The highest BCUT2D eigenvalue weighted by Crippen LogP contribution is 2.32. The number of hydrogen-bond acceptors (Lipinski definition) is 2. The van der Waals surface area contributed by atoms with Gasteiger partial charge >= 0.3 is 0 Å². The van der Waals surface area contributed by atoms with Gasteiger partial charge in [-0.2, -0.15) is 0 Å². The quantitative estimate of drug-likeness (QED) is 0.297. The Morgan fingerprint density at radius 1 is 0.625 bits per heavy atom. The van der Waals surface area contributed by atoms with Crippen molar-refractivity contribution in [2.75, 3.05) is 13.2 Å². The molecule has 2 nitrogen and oxygen atoms in total. The highest BCUT2D eigenvalue weighted by atomic mass is 16.5. The fraction of sp³-hybridized carbons (Fsp3) is 0.400. The third-order valence-electron chi connectivity index (χ3n) is 6.75. The first-order chi connectivity index (χ1) is 15.8. The first kappa shape index (κ1) is 22.6. The highest BCUT2D eigenvalue weighted by Gasteiger charge is 2.23. The first-order valence-electron chi connectivity index (χ1n) is 12.3. The van der Waals surface area contributed by atoms with Crippen molar-refractivity contribution in [3.63, 3.8) is 0 Å². The summed E-state index contributed by atoms with van der Waals surface area (Å²) in [6.07, 6.45) is 7.95. The van der Waals surface area contributed by atoms with E-state index in [0.29, 0.717) is 0 Å². The van der Waals surface area contributed by atoms with E-state index >= 15 is 0 Å². The molecule has 3 aromatic rings. The van der Waals surface area contributed by atoms with Crippen LogP contribution in [0.2, 0.25) is 0 Å². The smallest absolute Gasteiger partial charge is 0.119 e. The Kier molecular flexibility index (Phi) is 8.80. The number of ether oxygens (including phenoxy) is 1. The molecule has 4 rings (SSSR count). The lowest BCUT2D eigenvalue weighted by atomic mass is 9.80. The summed E-state index contributed by atoms with van der Waals surface area (Å²) in [6, 6.07) is 32.1. The molecular weight excluding hydrogens is 390 g/mol. The molecule has 0 aromatic heterocycles. The Morgan fingerprint density at radius 2 is 1.12 bits per heavy atom. The van der Waals surface area contributed by atoms with Crippen LogP contribution in [-0.2, 0) is 13.1 Å². The van der Waals surface area contributed by atoms with Crippen LogP contribution in [0.1, 0.15) is 49.7 Å². The average Bonchev–Trinajstić information content (AvgIpc) is 2.85. The predicted octanol–water partition coefficient (Wildman–Crippen LogP) is 7.35. The Balaban J connectivity index is 1.22. The third-order valence-corrected chi connectivity index (χ3v) is 6.75. The predicted molar refractivity (Wildman–Crippen MR) is 134 cm³/mol. The zero-order chi connectivity index (χ0) is 21.8. The minimum Gasteiger partial charge on any atom is -0.494 e. The maximum absolute atomic E-state index is 5.88. The van der Waals surface area contributed by atoms with E-state index in [1.54, 1.807) is 0 Å². The summed E-state index contributed by atoms with van der Waals surface area (Å²) in [5.41, 5.74) is 2.83. The molecule has 0 saturated heterocycles. The van der Waals surface area contributed by atoms with Crippen molar-refractivity contribution in [1.82, 2.24) is 4.90 Å². The Hall–Kier alpha value is -2.58. The molecule has 1 saturated carbocycles. The van der Waals surface area contributed by atoms with Crippen molar-refractivity contribution in [2.45, 2.75) is 51.6 Å². The van der Waals surface area contributed by atoms with Gasteiger partial charge in [-0.1, -0.05) is 91.7 Å². The van der Waals surface area contributed by atoms with Crippen LogP contribution < -0.4 is 4.74 Å². The fourth-order valence-electron chi connectivity index (χ4n) is 5.01. The van der Waals surface area contributed by atoms with Crippen molar-refractivity contribution in [1.29, 1.82) is 0 Å². The van der Waals surface area contributed by atoms with Gasteiger partial charge in [0.25, 0.3) is 0 Å². The maximum atomic E-state index is 5.88. The van der Waals surface area contributed by atoms with Gasteiger partial charge in [-0.05, 0) is 60.8 Å².